The van der Waals surface area contributed by atoms with Crippen LogP contribution in [-0.4, -0.2) is 14.5 Å². The summed E-state index contributed by atoms with van der Waals surface area (Å²) in [6.45, 7) is 0.541. The van der Waals surface area contributed by atoms with Crippen LogP contribution in [0.4, 0.5) is 11.5 Å². The molecule has 0 unspecified atom stereocenters. The molecule has 0 fully saturated rings. The van der Waals surface area contributed by atoms with Gasteiger partial charge >= 0.3 is 0 Å². The van der Waals surface area contributed by atoms with Gasteiger partial charge in [-0.15, -0.1) is 0 Å². The van der Waals surface area contributed by atoms with Gasteiger partial charge in [0.1, 0.15) is 5.82 Å². The summed E-state index contributed by atoms with van der Waals surface area (Å²) < 4.78 is 1.65. The van der Waals surface area contributed by atoms with Gasteiger partial charge in [-0.3, -0.25) is 4.79 Å². The SMILES string of the molecule is O=c1cc(Nc2ccnc(Cl)n2)ccn1Cc1ccccc1. The average molecular weight is 313 g/mol. The Balaban J connectivity index is 1.79. The molecule has 0 aliphatic carbocycles. The maximum atomic E-state index is 12.2. The molecule has 0 aliphatic rings. The zero-order chi connectivity index (χ0) is 15.4. The summed E-state index contributed by atoms with van der Waals surface area (Å²) in [6.07, 6.45) is 3.30. The third-order valence-corrected chi connectivity index (χ3v) is 3.27. The molecule has 6 heteroatoms. The summed E-state index contributed by atoms with van der Waals surface area (Å²) >= 11 is 5.73. The van der Waals surface area contributed by atoms with Crippen LogP contribution in [0.3, 0.4) is 0 Å². The van der Waals surface area contributed by atoms with Crippen LogP contribution in [0.2, 0.25) is 5.28 Å². The van der Waals surface area contributed by atoms with Crippen LogP contribution in [-0.2, 0) is 6.54 Å². The number of rotatable bonds is 4. The van der Waals surface area contributed by atoms with Crippen LogP contribution in [0.25, 0.3) is 0 Å². The van der Waals surface area contributed by atoms with E-state index in [0.29, 0.717) is 18.1 Å². The fraction of sp³-hybridized carbons (Fsp3) is 0.0625. The number of hydrogen-bond acceptors (Lipinski definition) is 4. The predicted molar refractivity (Wildman–Crippen MR) is 86.6 cm³/mol. The Kier molecular flexibility index (Phi) is 4.16. The van der Waals surface area contributed by atoms with Crippen LogP contribution >= 0.6 is 11.6 Å². The molecule has 0 atom stereocenters. The van der Waals surface area contributed by atoms with Crippen LogP contribution < -0.4 is 10.9 Å². The summed E-state index contributed by atoms with van der Waals surface area (Å²) in [5.74, 6) is 0.542. The van der Waals surface area contributed by atoms with Crippen molar-refractivity contribution in [2.24, 2.45) is 0 Å². The van der Waals surface area contributed by atoms with E-state index in [2.05, 4.69) is 15.3 Å². The van der Waals surface area contributed by atoms with E-state index in [1.165, 1.54) is 6.07 Å². The Morgan fingerprint density at radius 1 is 1.14 bits per heavy atom. The van der Waals surface area contributed by atoms with Gasteiger partial charge in [0.2, 0.25) is 5.28 Å². The minimum Gasteiger partial charge on any atom is -0.340 e. The predicted octanol–water partition coefficient (Wildman–Crippen LogP) is 3.08. The van der Waals surface area contributed by atoms with Gasteiger partial charge in [-0.2, -0.15) is 0 Å². The molecule has 0 bridgehead atoms. The smallest absolute Gasteiger partial charge is 0.252 e. The number of pyridine rings is 1. The van der Waals surface area contributed by atoms with Crippen molar-refractivity contribution in [2.45, 2.75) is 6.54 Å². The van der Waals surface area contributed by atoms with Gasteiger partial charge in [0.25, 0.3) is 5.56 Å². The van der Waals surface area contributed by atoms with Crippen molar-refractivity contribution in [1.82, 2.24) is 14.5 Å². The number of benzene rings is 1. The van der Waals surface area contributed by atoms with Gasteiger partial charge in [0.15, 0.2) is 0 Å². The van der Waals surface area contributed by atoms with E-state index in [-0.39, 0.29) is 10.8 Å². The van der Waals surface area contributed by atoms with E-state index in [1.807, 2.05) is 36.4 Å². The Labute approximate surface area is 132 Å². The highest BCUT2D eigenvalue weighted by Gasteiger charge is 2.02. The molecule has 0 radical (unpaired) electrons. The minimum absolute atomic E-state index is 0.0889. The topological polar surface area (TPSA) is 59.8 Å². The van der Waals surface area contributed by atoms with E-state index >= 15 is 0 Å². The first-order valence-electron chi connectivity index (χ1n) is 6.71. The molecule has 0 aliphatic heterocycles. The first kappa shape index (κ1) is 14.3. The Morgan fingerprint density at radius 2 is 1.95 bits per heavy atom. The molecule has 1 aromatic carbocycles. The van der Waals surface area contributed by atoms with Crippen molar-refractivity contribution < 1.29 is 0 Å². The Bertz CT molecular complexity index is 833. The quantitative estimate of drug-likeness (QED) is 0.752. The summed E-state index contributed by atoms with van der Waals surface area (Å²) in [5, 5.41) is 3.18. The summed E-state index contributed by atoms with van der Waals surface area (Å²) in [7, 11) is 0. The zero-order valence-electron chi connectivity index (χ0n) is 11.6. The normalized spacial score (nSPS) is 10.4. The maximum Gasteiger partial charge on any atom is 0.252 e. The van der Waals surface area contributed by atoms with Crippen molar-refractivity contribution in [2.75, 3.05) is 5.32 Å². The molecule has 5 nitrogen and oxygen atoms in total. The third kappa shape index (κ3) is 3.51. The summed E-state index contributed by atoms with van der Waals surface area (Å²) in [5.41, 5.74) is 1.64. The van der Waals surface area contributed by atoms with Crippen molar-refractivity contribution >= 4 is 23.1 Å². The summed E-state index contributed by atoms with van der Waals surface area (Å²) in [6, 6.07) is 14.9. The van der Waals surface area contributed by atoms with E-state index in [0.717, 1.165) is 5.56 Å². The van der Waals surface area contributed by atoms with Crippen molar-refractivity contribution in [1.29, 1.82) is 0 Å². The van der Waals surface area contributed by atoms with Gasteiger partial charge in [-0.05, 0) is 29.3 Å². The van der Waals surface area contributed by atoms with Crippen LogP contribution in [0.15, 0.2) is 65.7 Å². The summed E-state index contributed by atoms with van der Waals surface area (Å²) in [4.78, 5) is 20.0. The van der Waals surface area contributed by atoms with Crippen LogP contribution in [0, 0.1) is 0 Å². The number of hydrogen-bond donors (Lipinski definition) is 1. The number of anilines is 2. The fourth-order valence-electron chi connectivity index (χ4n) is 2.05. The Hall–Kier alpha value is -2.66. The standard InChI is InChI=1S/C16H13ClN4O/c17-16-18-8-6-14(20-16)19-13-7-9-21(15(22)10-13)11-12-4-2-1-3-5-12/h1-10H,11H2,(H,18,19,20). The molecule has 22 heavy (non-hydrogen) atoms. The highest BCUT2D eigenvalue weighted by Crippen LogP contribution is 2.13. The highest BCUT2D eigenvalue weighted by molar-refractivity contribution is 6.28. The lowest BCUT2D eigenvalue weighted by Gasteiger charge is -2.09. The molecule has 0 saturated carbocycles. The lowest BCUT2D eigenvalue weighted by Crippen LogP contribution is -2.19. The van der Waals surface area contributed by atoms with E-state index in [9.17, 15) is 4.79 Å². The van der Waals surface area contributed by atoms with Gasteiger partial charge in [-0.25, -0.2) is 9.97 Å². The number of nitrogens with zero attached hydrogens (tertiary/aromatic N) is 3. The molecular formula is C16H13ClN4O. The molecule has 0 spiro atoms. The first-order chi connectivity index (χ1) is 10.7. The monoisotopic (exact) mass is 312 g/mol. The largest absolute Gasteiger partial charge is 0.340 e. The van der Waals surface area contributed by atoms with Crippen molar-refractivity contribution in [3.05, 3.63) is 82.1 Å². The van der Waals surface area contributed by atoms with Gasteiger partial charge in [0, 0.05) is 24.1 Å². The van der Waals surface area contributed by atoms with Gasteiger partial charge in [0.05, 0.1) is 6.54 Å². The van der Waals surface area contributed by atoms with E-state index in [4.69, 9.17) is 11.6 Å². The van der Waals surface area contributed by atoms with E-state index in [1.54, 1.807) is 23.0 Å². The lowest BCUT2D eigenvalue weighted by molar-refractivity contribution is 0.760. The molecule has 0 amide bonds. The third-order valence-electron chi connectivity index (χ3n) is 3.09. The molecule has 3 aromatic rings. The molecular weight excluding hydrogens is 300 g/mol. The molecule has 1 N–H and O–H groups in total. The number of nitrogens with one attached hydrogen (secondary N) is 1. The molecule has 3 rings (SSSR count). The zero-order valence-corrected chi connectivity index (χ0v) is 12.4. The second-order valence-corrected chi connectivity index (χ2v) is 5.04. The van der Waals surface area contributed by atoms with Crippen molar-refractivity contribution in [3.8, 4) is 0 Å². The second-order valence-electron chi connectivity index (χ2n) is 4.70. The fourth-order valence-corrected chi connectivity index (χ4v) is 2.20. The molecule has 0 saturated heterocycles. The Morgan fingerprint density at radius 3 is 2.68 bits per heavy atom. The molecule has 110 valence electrons. The van der Waals surface area contributed by atoms with Crippen molar-refractivity contribution in [3.63, 3.8) is 0 Å². The second kappa shape index (κ2) is 6.41. The number of halogens is 1. The molecule has 2 aromatic heterocycles. The first-order valence-corrected chi connectivity index (χ1v) is 7.08. The minimum atomic E-state index is -0.0889. The van der Waals surface area contributed by atoms with Crippen LogP contribution in [0.1, 0.15) is 5.56 Å². The van der Waals surface area contributed by atoms with Gasteiger partial charge in [-0.1, -0.05) is 30.3 Å². The van der Waals surface area contributed by atoms with Gasteiger partial charge < -0.3 is 9.88 Å². The average Bonchev–Trinajstić information content (AvgIpc) is 2.51. The molecule has 2 heterocycles. The van der Waals surface area contributed by atoms with E-state index < -0.39 is 0 Å². The van der Waals surface area contributed by atoms with Crippen LogP contribution in [0.5, 0.6) is 0 Å². The lowest BCUT2D eigenvalue weighted by atomic mass is 10.2. The number of aromatic nitrogens is 3. The highest BCUT2D eigenvalue weighted by atomic mass is 35.5. The maximum absolute atomic E-state index is 12.2.